The first kappa shape index (κ1) is 16.1. The van der Waals surface area contributed by atoms with Crippen LogP contribution in [-0.2, 0) is 6.54 Å². The van der Waals surface area contributed by atoms with Crippen LogP contribution in [0.4, 0.5) is 10.5 Å². The van der Waals surface area contributed by atoms with Crippen LogP contribution >= 0.6 is 22.9 Å². The minimum absolute atomic E-state index is 0.00913. The van der Waals surface area contributed by atoms with E-state index in [9.17, 15) is 4.79 Å². The number of carbonyl (C=O) groups excluding carboxylic acids is 1. The lowest BCUT2D eigenvalue weighted by Gasteiger charge is -2.36. The first-order valence-electron chi connectivity index (χ1n) is 7.71. The number of nitrogens with zero attached hydrogens (tertiary/aromatic N) is 2. The van der Waals surface area contributed by atoms with Crippen molar-refractivity contribution in [1.82, 2.24) is 10.2 Å². The third-order valence-corrected chi connectivity index (χ3v) is 5.29. The minimum Gasteiger partial charge on any atom is -0.367 e. The van der Waals surface area contributed by atoms with Crippen LogP contribution in [0.5, 0.6) is 0 Å². The molecule has 0 unspecified atom stereocenters. The van der Waals surface area contributed by atoms with E-state index in [2.05, 4.69) is 29.3 Å². The molecule has 1 aliphatic rings. The van der Waals surface area contributed by atoms with Crippen molar-refractivity contribution < 1.29 is 4.79 Å². The summed E-state index contributed by atoms with van der Waals surface area (Å²) in [6, 6.07) is 12.0. The number of nitrogens with one attached hydrogen (secondary N) is 1. The summed E-state index contributed by atoms with van der Waals surface area (Å²) < 4.78 is 0. The number of amides is 2. The number of carbonyl (C=O) groups is 1. The molecule has 0 saturated carbocycles. The van der Waals surface area contributed by atoms with Crippen molar-refractivity contribution >= 4 is 34.7 Å². The summed E-state index contributed by atoms with van der Waals surface area (Å²) in [7, 11) is 0. The molecule has 23 heavy (non-hydrogen) atoms. The number of rotatable bonds is 3. The van der Waals surface area contributed by atoms with E-state index in [4.69, 9.17) is 11.6 Å². The van der Waals surface area contributed by atoms with Crippen LogP contribution in [0.1, 0.15) is 9.75 Å². The largest absolute Gasteiger partial charge is 0.367 e. The molecule has 4 nitrogen and oxygen atoms in total. The van der Waals surface area contributed by atoms with Gasteiger partial charge in [0.25, 0.3) is 0 Å². The maximum absolute atomic E-state index is 12.3. The first-order chi connectivity index (χ1) is 11.1. The van der Waals surface area contributed by atoms with Crippen LogP contribution in [-0.4, -0.2) is 37.1 Å². The molecule has 0 aliphatic carbocycles. The van der Waals surface area contributed by atoms with Gasteiger partial charge in [0, 0.05) is 35.9 Å². The number of urea groups is 1. The van der Waals surface area contributed by atoms with E-state index in [1.54, 1.807) is 11.3 Å². The molecule has 1 N–H and O–H groups in total. The first-order valence-corrected chi connectivity index (χ1v) is 8.90. The smallest absolute Gasteiger partial charge is 0.317 e. The van der Waals surface area contributed by atoms with Crippen molar-refractivity contribution in [3.05, 3.63) is 51.2 Å². The van der Waals surface area contributed by atoms with Crippen molar-refractivity contribution in [3.8, 4) is 0 Å². The third kappa shape index (κ3) is 3.98. The average Bonchev–Trinajstić information content (AvgIpc) is 2.99. The Morgan fingerprint density at radius 2 is 1.91 bits per heavy atom. The summed E-state index contributed by atoms with van der Waals surface area (Å²) in [5.74, 6) is 0. The molecule has 1 fully saturated rings. The molecule has 6 heteroatoms. The third-order valence-electron chi connectivity index (χ3n) is 3.97. The summed E-state index contributed by atoms with van der Waals surface area (Å²) in [4.78, 5) is 18.8. The fourth-order valence-corrected chi connectivity index (χ4v) is 3.80. The molecule has 1 aliphatic heterocycles. The van der Waals surface area contributed by atoms with E-state index < -0.39 is 0 Å². The Morgan fingerprint density at radius 1 is 1.17 bits per heavy atom. The Labute approximate surface area is 145 Å². The molecular formula is C17H20ClN3OS. The maximum atomic E-state index is 12.3. The molecule has 3 rings (SSSR count). The molecule has 2 aromatic rings. The number of anilines is 1. The number of halogens is 1. The number of thiophene rings is 1. The summed E-state index contributed by atoms with van der Waals surface area (Å²) in [5, 5.41) is 3.76. The van der Waals surface area contributed by atoms with Gasteiger partial charge < -0.3 is 15.1 Å². The van der Waals surface area contributed by atoms with Crippen LogP contribution in [0.25, 0.3) is 0 Å². The Hall–Kier alpha value is -1.72. The van der Waals surface area contributed by atoms with Gasteiger partial charge >= 0.3 is 6.03 Å². The van der Waals surface area contributed by atoms with Crippen molar-refractivity contribution in [2.24, 2.45) is 0 Å². The molecular weight excluding hydrogens is 330 g/mol. The Balaban J connectivity index is 1.50. The fourth-order valence-electron chi connectivity index (χ4n) is 2.71. The van der Waals surface area contributed by atoms with E-state index in [-0.39, 0.29) is 6.03 Å². The summed E-state index contributed by atoms with van der Waals surface area (Å²) in [6.45, 7) is 5.69. The number of benzene rings is 1. The van der Waals surface area contributed by atoms with Crippen LogP contribution < -0.4 is 10.2 Å². The van der Waals surface area contributed by atoms with Gasteiger partial charge in [-0.2, -0.15) is 0 Å². The van der Waals surface area contributed by atoms with Crippen molar-refractivity contribution in [3.63, 3.8) is 0 Å². The van der Waals surface area contributed by atoms with Gasteiger partial charge in [-0.3, -0.25) is 0 Å². The highest BCUT2D eigenvalue weighted by molar-refractivity contribution is 7.11. The quantitative estimate of drug-likeness (QED) is 0.916. The van der Waals surface area contributed by atoms with Gasteiger partial charge in [-0.15, -0.1) is 11.3 Å². The monoisotopic (exact) mass is 349 g/mol. The highest BCUT2D eigenvalue weighted by atomic mass is 35.5. The van der Waals surface area contributed by atoms with Gasteiger partial charge in [0.05, 0.1) is 17.3 Å². The van der Waals surface area contributed by atoms with Crippen molar-refractivity contribution in [2.45, 2.75) is 13.5 Å². The van der Waals surface area contributed by atoms with Gasteiger partial charge in [-0.05, 0) is 31.2 Å². The molecule has 0 atom stereocenters. The van der Waals surface area contributed by atoms with E-state index in [0.29, 0.717) is 19.6 Å². The lowest BCUT2D eigenvalue weighted by Crippen LogP contribution is -2.51. The maximum Gasteiger partial charge on any atom is 0.317 e. The number of piperazine rings is 1. The lowest BCUT2D eigenvalue weighted by molar-refractivity contribution is 0.194. The van der Waals surface area contributed by atoms with Gasteiger partial charge in [0.2, 0.25) is 0 Å². The van der Waals surface area contributed by atoms with Gasteiger partial charge in [-0.1, -0.05) is 23.7 Å². The van der Waals surface area contributed by atoms with E-state index in [1.165, 1.54) is 9.75 Å². The zero-order valence-corrected chi connectivity index (χ0v) is 14.7. The molecule has 1 aromatic carbocycles. The van der Waals surface area contributed by atoms with E-state index in [0.717, 1.165) is 23.8 Å². The van der Waals surface area contributed by atoms with Crippen LogP contribution in [0.2, 0.25) is 5.02 Å². The topological polar surface area (TPSA) is 35.6 Å². The predicted molar refractivity (Wildman–Crippen MR) is 96.5 cm³/mol. The van der Waals surface area contributed by atoms with Crippen molar-refractivity contribution in [2.75, 3.05) is 31.1 Å². The van der Waals surface area contributed by atoms with Gasteiger partial charge in [0.15, 0.2) is 0 Å². The molecule has 0 spiro atoms. The van der Waals surface area contributed by atoms with Crippen LogP contribution in [0.3, 0.4) is 0 Å². The fraction of sp³-hybridized carbons (Fsp3) is 0.353. The normalized spacial score (nSPS) is 14.9. The summed E-state index contributed by atoms with van der Waals surface area (Å²) in [6.07, 6.45) is 0. The molecule has 2 heterocycles. The van der Waals surface area contributed by atoms with Crippen LogP contribution in [0, 0.1) is 6.92 Å². The highest BCUT2D eigenvalue weighted by Gasteiger charge is 2.22. The van der Waals surface area contributed by atoms with E-state index in [1.807, 2.05) is 29.2 Å². The standard InChI is InChI=1S/C17H20ClN3OS/c1-13-6-7-14(23-13)12-19-17(22)21-10-8-20(9-11-21)16-5-3-2-4-15(16)18/h2-7H,8-12H2,1H3,(H,19,22). The lowest BCUT2D eigenvalue weighted by atomic mass is 10.2. The average molecular weight is 350 g/mol. The zero-order valence-electron chi connectivity index (χ0n) is 13.1. The number of para-hydroxylation sites is 1. The number of aryl methyl sites for hydroxylation is 1. The van der Waals surface area contributed by atoms with Crippen LogP contribution in [0.15, 0.2) is 36.4 Å². The zero-order chi connectivity index (χ0) is 16.2. The number of hydrogen-bond donors (Lipinski definition) is 1. The van der Waals surface area contributed by atoms with E-state index >= 15 is 0 Å². The molecule has 1 aromatic heterocycles. The predicted octanol–water partition coefficient (Wildman–Crippen LogP) is 3.74. The molecule has 0 radical (unpaired) electrons. The highest BCUT2D eigenvalue weighted by Crippen LogP contribution is 2.26. The Morgan fingerprint density at radius 3 is 2.57 bits per heavy atom. The second-order valence-electron chi connectivity index (χ2n) is 5.60. The Bertz CT molecular complexity index is 680. The minimum atomic E-state index is 0.00913. The molecule has 2 amide bonds. The van der Waals surface area contributed by atoms with Gasteiger partial charge in [-0.25, -0.2) is 4.79 Å². The number of hydrogen-bond acceptors (Lipinski definition) is 3. The molecule has 122 valence electrons. The second-order valence-corrected chi connectivity index (χ2v) is 7.38. The second kappa shape index (κ2) is 7.23. The summed E-state index contributed by atoms with van der Waals surface area (Å²) in [5.41, 5.74) is 1.04. The van der Waals surface area contributed by atoms with Crippen molar-refractivity contribution in [1.29, 1.82) is 0 Å². The molecule has 0 bridgehead atoms. The molecule has 1 saturated heterocycles. The van der Waals surface area contributed by atoms with Gasteiger partial charge in [0.1, 0.15) is 0 Å². The summed E-state index contributed by atoms with van der Waals surface area (Å²) >= 11 is 7.96. The SMILES string of the molecule is Cc1ccc(CNC(=O)N2CCN(c3ccccc3Cl)CC2)s1. The Kier molecular flexibility index (Phi) is 5.08.